The first kappa shape index (κ1) is 12.1. The van der Waals surface area contributed by atoms with Crippen LogP contribution in [0.25, 0.3) is 10.8 Å². The van der Waals surface area contributed by atoms with Crippen LogP contribution >= 0.6 is 11.3 Å². The summed E-state index contributed by atoms with van der Waals surface area (Å²) in [4.78, 5) is 12.7. The average molecular weight is 266 g/mol. The standard InChI is InChI=1S/C17H14OS/c1-11-7-8-15(14-6-4-3-5-13(11)14)17(18)16-10-19-9-12(16)2/h3-10H,1-2H3. The summed E-state index contributed by atoms with van der Waals surface area (Å²) in [6.07, 6.45) is 0. The van der Waals surface area contributed by atoms with Crippen molar-refractivity contribution >= 4 is 27.9 Å². The molecule has 0 aliphatic carbocycles. The van der Waals surface area contributed by atoms with E-state index in [-0.39, 0.29) is 5.78 Å². The van der Waals surface area contributed by atoms with E-state index < -0.39 is 0 Å². The van der Waals surface area contributed by atoms with Gasteiger partial charge in [0.2, 0.25) is 0 Å². The SMILES string of the molecule is Cc1cscc1C(=O)c1ccc(C)c2ccccc12. The predicted molar refractivity (Wildman–Crippen MR) is 81.2 cm³/mol. The second kappa shape index (κ2) is 4.63. The molecule has 94 valence electrons. The van der Waals surface area contributed by atoms with Gasteiger partial charge in [-0.15, -0.1) is 0 Å². The van der Waals surface area contributed by atoms with Crippen molar-refractivity contribution in [3.63, 3.8) is 0 Å². The number of aryl methyl sites for hydroxylation is 2. The lowest BCUT2D eigenvalue weighted by molar-refractivity contribution is 0.104. The molecule has 0 aliphatic rings. The Morgan fingerprint density at radius 1 is 0.842 bits per heavy atom. The summed E-state index contributed by atoms with van der Waals surface area (Å²) in [5, 5.41) is 6.15. The molecule has 0 saturated carbocycles. The predicted octanol–water partition coefficient (Wildman–Crippen LogP) is 4.75. The third-order valence-electron chi connectivity index (χ3n) is 3.49. The number of rotatable bonds is 2. The van der Waals surface area contributed by atoms with Gasteiger partial charge in [-0.25, -0.2) is 0 Å². The first-order valence-corrected chi connectivity index (χ1v) is 7.18. The Morgan fingerprint density at radius 3 is 2.26 bits per heavy atom. The first-order chi connectivity index (χ1) is 9.18. The van der Waals surface area contributed by atoms with Gasteiger partial charge >= 0.3 is 0 Å². The quantitative estimate of drug-likeness (QED) is 0.612. The van der Waals surface area contributed by atoms with Gasteiger partial charge in [-0.3, -0.25) is 4.79 Å². The molecule has 3 rings (SSSR count). The van der Waals surface area contributed by atoms with Crippen molar-refractivity contribution in [3.05, 3.63) is 69.4 Å². The fraction of sp³-hybridized carbons (Fsp3) is 0.118. The van der Waals surface area contributed by atoms with E-state index in [2.05, 4.69) is 13.0 Å². The van der Waals surface area contributed by atoms with Gasteiger partial charge in [0.1, 0.15) is 0 Å². The Hall–Kier alpha value is -1.93. The van der Waals surface area contributed by atoms with Crippen LogP contribution < -0.4 is 0 Å². The van der Waals surface area contributed by atoms with Crippen molar-refractivity contribution in [2.24, 2.45) is 0 Å². The van der Waals surface area contributed by atoms with E-state index in [0.717, 1.165) is 27.5 Å². The Kier molecular flexibility index (Phi) is 2.96. The summed E-state index contributed by atoms with van der Waals surface area (Å²) in [6.45, 7) is 4.06. The van der Waals surface area contributed by atoms with Crippen molar-refractivity contribution in [3.8, 4) is 0 Å². The molecule has 0 spiro atoms. The van der Waals surface area contributed by atoms with E-state index in [9.17, 15) is 4.79 Å². The second-order valence-corrected chi connectivity index (χ2v) is 5.52. The molecule has 0 unspecified atom stereocenters. The molecule has 0 aliphatic heterocycles. The summed E-state index contributed by atoms with van der Waals surface area (Å²) in [7, 11) is 0. The zero-order valence-electron chi connectivity index (χ0n) is 10.9. The zero-order chi connectivity index (χ0) is 13.4. The van der Waals surface area contributed by atoms with Crippen molar-refractivity contribution in [2.75, 3.05) is 0 Å². The van der Waals surface area contributed by atoms with Gasteiger partial charge in [0.25, 0.3) is 0 Å². The maximum Gasteiger partial charge on any atom is 0.194 e. The highest BCUT2D eigenvalue weighted by Crippen LogP contribution is 2.26. The van der Waals surface area contributed by atoms with Crippen LogP contribution in [0, 0.1) is 13.8 Å². The van der Waals surface area contributed by atoms with Crippen LogP contribution in [0.5, 0.6) is 0 Å². The molecular formula is C17H14OS. The molecule has 0 atom stereocenters. The smallest absolute Gasteiger partial charge is 0.194 e. The molecule has 1 nitrogen and oxygen atoms in total. The van der Waals surface area contributed by atoms with E-state index in [1.165, 1.54) is 5.56 Å². The highest BCUT2D eigenvalue weighted by Gasteiger charge is 2.15. The van der Waals surface area contributed by atoms with Crippen molar-refractivity contribution in [1.82, 2.24) is 0 Å². The van der Waals surface area contributed by atoms with Gasteiger partial charge in [-0.2, -0.15) is 11.3 Å². The number of benzene rings is 2. The number of carbonyl (C=O) groups excluding carboxylic acids is 1. The number of thiophene rings is 1. The Morgan fingerprint density at radius 2 is 1.58 bits per heavy atom. The molecule has 1 aromatic heterocycles. The molecule has 0 bridgehead atoms. The summed E-state index contributed by atoms with van der Waals surface area (Å²) in [5.74, 6) is 0.120. The number of hydrogen-bond acceptors (Lipinski definition) is 2. The molecule has 3 aromatic rings. The van der Waals surface area contributed by atoms with Gasteiger partial charge < -0.3 is 0 Å². The topological polar surface area (TPSA) is 17.1 Å². The van der Waals surface area contributed by atoms with Crippen LogP contribution in [-0.2, 0) is 0 Å². The first-order valence-electron chi connectivity index (χ1n) is 6.24. The molecular weight excluding hydrogens is 252 g/mol. The summed E-state index contributed by atoms with van der Waals surface area (Å²) in [5.41, 5.74) is 3.87. The summed E-state index contributed by atoms with van der Waals surface area (Å²) < 4.78 is 0. The molecule has 0 amide bonds. The molecule has 2 aromatic carbocycles. The van der Waals surface area contributed by atoms with Gasteiger partial charge in [-0.1, -0.05) is 36.4 Å². The molecule has 19 heavy (non-hydrogen) atoms. The molecule has 0 N–H and O–H groups in total. The van der Waals surface area contributed by atoms with Crippen LogP contribution in [0.3, 0.4) is 0 Å². The van der Waals surface area contributed by atoms with E-state index in [1.54, 1.807) is 11.3 Å². The molecule has 0 radical (unpaired) electrons. The van der Waals surface area contributed by atoms with Crippen LogP contribution in [0.4, 0.5) is 0 Å². The molecule has 0 saturated heterocycles. The van der Waals surface area contributed by atoms with Crippen molar-refractivity contribution < 1.29 is 4.79 Å². The number of carbonyl (C=O) groups is 1. The second-order valence-electron chi connectivity index (χ2n) is 4.77. The Balaban J connectivity index is 2.24. The Labute approximate surface area is 116 Å². The maximum atomic E-state index is 12.7. The fourth-order valence-corrected chi connectivity index (χ4v) is 3.21. The minimum Gasteiger partial charge on any atom is -0.289 e. The largest absolute Gasteiger partial charge is 0.289 e. The normalized spacial score (nSPS) is 10.8. The highest BCUT2D eigenvalue weighted by molar-refractivity contribution is 7.08. The van der Waals surface area contributed by atoms with Crippen molar-refractivity contribution in [1.29, 1.82) is 0 Å². The van der Waals surface area contributed by atoms with E-state index in [1.807, 2.05) is 48.0 Å². The van der Waals surface area contributed by atoms with E-state index in [0.29, 0.717) is 0 Å². The zero-order valence-corrected chi connectivity index (χ0v) is 11.8. The molecule has 0 fully saturated rings. The van der Waals surface area contributed by atoms with Gasteiger partial charge in [-0.05, 0) is 41.1 Å². The van der Waals surface area contributed by atoms with E-state index in [4.69, 9.17) is 0 Å². The van der Waals surface area contributed by atoms with Gasteiger partial charge in [0.15, 0.2) is 5.78 Å². The lowest BCUT2D eigenvalue weighted by Gasteiger charge is -2.08. The highest BCUT2D eigenvalue weighted by atomic mass is 32.1. The monoisotopic (exact) mass is 266 g/mol. The number of ketones is 1. The lowest BCUT2D eigenvalue weighted by atomic mass is 9.95. The number of fused-ring (bicyclic) bond motifs is 1. The van der Waals surface area contributed by atoms with Crippen LogP contribution in [-0.4, -0.2) is 5.78 Å². The number of hydrogen-bond donors (Lipinski definition) is 0. The lowest BCUT2D eigenvalue weighted by Crippen LogP contribution is -2.02. The van der Waals surface area contributed by atoms with Crippen LogP contribution in [0.2, 0.25) is 0 Å². The molecule has 1 heterocycles. The minimum atomic E-state index is 0.120. The van der Waals surface area contributed by atoms with Crippen LogP contribution in [0.1, 0.15) is 27.0 Å². The van der Waals surface area contributed by atoms with Crippen LogP contribution in [0.15, 0.2) is 47.2 Å². The van der Waals surface area contributed by atoms with Crippen molar-refractivity contribution in [2.45, 2.75) is 13.8 Å². The third-order valence-corrected chi connectivity index (χ3v) is 4.35. The summed E-state index contributed by atoms with van der Waals surface area (Å²) >= 11 is 1.58. The molecule has 2 heteroatoms. The third kappa shape index (κ3) is 1.98. The van der Waals surface area contributed by atoms with Gasteiger partial charge in [0, 0.05) is 16.5 Å². The minimum absolute atomic E-state index is 0.120. The average Bonchev–Trinajstić information content (AvgIpc) is 2.85. The fourth-order valence-electron chi connectivity index (χ4n) is 2.39. The van der Waals surface area contributed by atoms with E-state index >= 15 is 0 Å². The Bertz CT molecular complexity index is 768. The summed E-state index contributed by atoms with van der Waals surface area (Å²) in [6, 6.07) is 12.1. The maximum absolute atomic E-state index is 12.7. The van der Waals surface area contributed by atoms with Gasteiger partial charge in [0.05, 0.1) is 0 Å².